The Morgan fingerprint density at radius 2 is 1.90 bits per heavy atom. The molecule has 1 aliphatic rings. The van der Waals surface area contributed by atoms with Crippen molar-refractivity contribution in [3.05, 3.63) is 42.1 Å². The van der Waals surface area contributed by atoms with E-state index in [1.807, 2.05) is 0 Å². The molecule has 20 heavy (non-hydrogen) atoms. The number of rotatable bonds is 3. The second-order valence-corrected chi connectivity index (χ2v) is 4.31. The van der Waals surface area contributed by atoms with Gasteiger partial charge in [0, 0.05) is 12.6 Å². The van der Waals surface area contributed by atoms with Crippen molar-refractivity contribution in [1.29, 1.82) is 0 Å². The molecule has 108 valence electrons. The molecule has 0 aromatic heterocycles. The van der Waals surface area contributed by atoms with Crippen LogP contribution in [-0.2, 0) is 6.42 Å². The van der Waals surface area contributed by atoms with Crippen LogP contribution in [0.4, 0.5) is 13.2 Å². The molecule has 1 aromatic rings. The van der Waals surface area contributed by atoms with E-state index in [-0.39, 0.29) is 18.0 Å². The number of hydrogen-bond acceptors (Lipinski definition) is 5. The summed E-state index contributed by atoms with van der Waals surface area (Å²) in [7, 11) is 0. The first-order valence-electron chi connectivity index (χ1n) is 5.69. The maximum atomic E-state index is 12.0. The number of ether oxygens (including phenoxy) is 1. The van der Waals surface area contributed by atoms with Crippen molar-refractivity contribution in [2.75, 3.05) is 0 Å². The molecule has 0 spiro atoms. The summed E-state index contributed by atoms with van der Waals surface area (Å²) < 4.78 is 39.9. The summed E-state index contributed by atoms with van der Waals surface area (Å²) in [6, 6.07) is 5.42. The average molecular weight is 286 g/mol. The zero-order valence-electron chi connectivity index (χ0n) is 10.3. The van der Waals surface area contributed by atoms with Crippen LogP contribution in [-0.4, -0.2) is 18.0 Å². The Labute approximate surface area is 113 Å². The summed E-state index contributed by atoms with van der Waals surface area (Å²) in [5, 5.41) is 2.85. The monoisotopic (exact) mass is 286 g/mol. The number of alkyl halides is 3. The minimum Gasteiger partial charge on any atom is -0.406 e. The Hall–Kier alpha value is -2.22. The molecule has 0 saturated carbocycles. The van der Waals surface area contributed by atoms with Gasteiger partial charge in [-0.2, -0.15) is 0 Å². The third kappa shape index (κ3) is 3.89. The van der Waals surface area contributed by atoms with E-state index < -0.39 is 12.1 Å². The van der Waals surface area contributed by atoms with Gasteiger partial charge in [-0.15, -0.1) is 13.2 Å². The molecule has 1 unspecified atom stereocenters. The molecule has 1 atom stereocenters. The Balaban J connectivity index is 2.06. The lowest BCUT2D eigenvalue weighted by atomic mass is 10.1. The molecule has 1 heterocycles. The highest BCUT2D eigenvalue weighted by Gasteiger charge is 2.31. The molecule has 0 aliphatic carbocycles. The Bertz CT molecular complexity index is 539. The van der Waals surface area contributed by atoms with Crippen molar-refractivity contribution < 1.29 is 17.9 Å². The Kier molecular flexibility index (Phi) is 3.58. The molecular weight excluding hydrogens is 273 g/mol. The van der Waals surface area contributed by atoms with Crippen LogP contribution >= 0.6 is 0 Å². The molecule has 1 aliphatic heterocycles. The average Bonchev–Trinajstić information content (AvgIpc) is 2.29. The number of benzene rings is 1. The van der Waals surface area contributed by atoms with Crippen molar-refractivity contribution >= 4 is 5.84 Å². The van der Waals surface area contributed by atoms with Crippen molar-refractivity contribution in [3.63, 3.8) is 0 Å². The minimum absolute atomic E-state index is 0.268. The maximum absolute atomic E-state index is 12.0. The summed E-state index contributed by atoms with van der Waals surface area (Å²) in [6.45, 7) is 0. The first kappa shape index (κ1) is 14.2. The van der Waals surface area contributed by atoms with Crippen molar-refractivity contribution in [2.45, 2.75) is 18.6 Å². The van der Waals surface area contributed by atoms with Crippen LogP contribution in [0.1, 0.15) is 5.56 Å². The molecule has 5 nitrogen and oxygen atoms in total. The highest BCUT2D eigenvalue weighted by atomic mass is 19.4. The number of nitrogens with two attached hydrogens (primary N) is 2. The normalized spacial score (nSPS) is 22.1. The fourth-order valence-electron chi connectivity index (χ4n) is 1.78. The van der Waals surface area contributed by atoms with Gasteiger partial charge in [-0.3, -0.25) is 5.73 Å². The predicted octanol–water partition coefficient (Wildman–Crippen LogP) is 1.21. The number of aliphatic imine (C=N–C) groups is 1. The van der Waals surface area contributed by atoms with Gasteiger partial charge in [0.1, 0.15) is 11.6 Å². The highest BCUT2D eigenvalue weighted by Crippen LogP contribution is 2.23. The molecule has 0 fully saturated rings. The lowest BCUT2D eigenvalue weighted by molar-refractivity contribution is -0.274. The molecule has 8 heteroatoms. The number of hydrogen-bond donors (Lipinski definition) is 3. The molecule has 0 bridgehead atoms. The highest BCUT2D eigenvalue weighted by molar-refractivity contribution is 5.92. The van der Waals surface area contributed by atoms with Crippen molar-refractivity contribution in [3.8, 4) is 5.75 Å². The summed E-state index contributed by atoms with van der Waals surface area (Å²) >= 11 is 0. The van der Waals surface area contributed by atoms with Gasteiger partial charge in [0.25, 0.3) is 0 Å². The second-order valence-electron chi connectivity index (χ2n) is 4.31. The summed E-state index contributed by atoms with van der Waals surface area (Å²) in [5.41, 5.74) is 12.2. The third-order valence-electron chi connectivity index (χ3n) is 2.55. The zero-order chi connectivity index (χ0) is 14.8. The zero-order valence-corrected chi connectivity index (χ0v) is 10.3. The van der Waals surface area contributed by atoms with Crippen LogP contribution in [0, 0.1) is 0 Å². The number of amidine groups is 1. The summed E-state index contributed by atoms with van der Waals surface area (Å²) in [4.78, 5) is 4.05. The van der Waals surface area contributed by atoms with E-state index in [1.54, 1.807) is 12.3 Å². The van der Waals surface area contributed by atoms with Crippen LogP contribution in [0.25, 0.3) is 0 Å². The van der Waals surface area contributed by atoms with E-state index in [4.69, 9.17) is 11.5 Å². The lowest BCUT2D eigenvalue weighted by Gasteiger charge is -2.28. The number of nitrogens with zero attached hydrogens (tertiary/aromatic N) is 1. The Morgan fingerprint density at radius 1 is 1.25 bits per heavy atom. The number of nitrogens with one attached hydrogen (secondary N) is 1. The van der Waals surface area contributed by atoms with E-state index in [9.17, 15) is 13.2 Å². The molecule has 0 saturated heterocycles. The largest absolute Gasteiger partial charge is 0.573 e. The first-order valence-corrected chi connectivity index (χ1v) is 5.69. The van der Waals surface area contributed by atoms with Gasteiger partial charge < -0.3 is 15.8 Å². The van der Waals surface area contributed by atoms with Crippen molar-refractivity contribution in [2.24, 2.45) is 16.5 Å². The third-order valence-corrected chi connectivity index (χ3v) is 2.55. The van der Waals surface area contributed by atoms with E-state index in [0.29, 0.717) is 5.56 Å². The molecule has 2 rings (SSSR count). The molecule has 0 amide bonds. The maximum Gasteiger partial charge on any atom is 0.573 e. The fourth-order valence-corrected chi connectivity index (χ4v) is 1.78. The topological polar surface area (TPSA) is 85.7 Å². The minimum atomic E-state index is -4.70. The van der Waals surface area contributed by atoms with Gasteiger partial charge in [-0.25, -0.2) is 4.99 Å². The quantitative estimate of drug-likeness (QED) is 0.779. The van der Waals surface area contributed by atoms with Crippen molar-refractivity contribution in [1.82, 2.24) is 5.32 Å². The predicted molar refractivity (Wildman–Crippen MR) is 67.6 cm³/mol. The smallest absolute Gasteiger partial charge is 0.406 e. The van der Waals surface area contributed by atoms with E-state index in [1.165, 1.54) is 24.3 Å². The van der Waals surface area contributed by atoms with Crippen LogP contribution in [0.15, 0.2) is 41.5 Å². The molecule has 5 N–H and O–H groups in total. The second kappa shape index (κ2) is 5.04. The fraction of sp³-hybridized carbons (Fsp3) is 0.250. The van der Waals surface area contributed by atoms with Gasteiger partial charge in [-0.1, -0.05) is 12.1 Å². The number of halogens is 3. The van der Waals surface area contributed by atoms with Crippen LogP contribution < -0.4 is 21.5 Å². The summed E-state index contributed by atoms with van der Waals surface area (Å²) in [6.07, 6.45) is -1.30. The van der Waals surface area contributed by atoms with E-state index in [2.05, 4.69) is 15.0 Å². The van der Waals surface area contributed by atoms with Crippen LogP contribution in [0.5, 0.6) is 5.75 Å². The SMILES string of the molecule is NC1=NC(N)(Cc2ccc(OC(F)(F)F)cc2)NC=C1. The van der Waals surface area contributed by atoms with Gasteiger partial charge in [0.15, 0.2) is 5.79 Å². The molecule has 0 radical (unpaired) electrons. The van der Waals surface area contributed by atoms with E-state index >= 15 is 0 Å². The van der Waals surface area contributed by atoms with Crippen LogP contribution in [0.2, 0.25) is 0 Å². The van der Waals surface area contributed by atoms with Gasteiger partial charge in [0.05, 0.1) is 0 Å². The Morgan fingerprint density at radius 3 is 2.45 bits per heavy atom. The molecule has 1 aromatic carbocycles. The van der Waals surface area contributed by atoms with Gasteiger partial charge in [-0.05, 0) is 23.8 Å². The van der Waals surface area contributed by atoms with Gasteiger partial charge in [0.2, 0.25) is 0 Å². The standard InChI is InChI=1S/C12H13F3N4O/c13-12(14,15)20-9-3-1-8(2-4-9)7-11(17)18-6-5-10(16)19-11/h1-6,18H,7,17H2,(H2,16,19). The summed E-state index contributed by atoms with van der Waals surface area (Å²) in [5.74, 6) is -1.11. The first-order chi connectivity index (χ1) is 9.26. The molecular formula is C12H13F3N4O. The van der Waals surface area contributed by atoms with Crippen LogP contribution in [0.3, 0.4) is 0 Å². The van der Waals surface area contributed by atoms with E-state index in [0.717, 1.165) is 0 Å². The van der Waals surface area contributed by atoms with Gasteiger partial charge >= 0.3 is 6.36 Å². The lowest BCUT2D eigenvalue weighted by Crippen LogP contribution is -2.54.